The van der Waals surface area contributed by atoms with Crippen molar-refractivity contribution in [3.8, 4) is 12.3 Å². The van der Waals surface area contributed by atoms with E-state index in [9.17, 15) is 9.59 Å². The summed E-state index contributed by atoms with van der Waals surface area (Å²) in [6.07, 6.45) is 9.39. The Morgan fingerprint density at radius 2 is 1.88 bits per heavy atom. The average Bonchev–Trinajstić information content (AvgIpc) is 3.58. The van der Waals surface area contributed by atoms with Gasteiger partial charge in [-0.3, -0.25) is 15.1 Å². The summed E-state index contributed by atoms with van der Waals surface area (Å²) in [5.74, 6) is 2.17. The Bertz CT molecular complexity index is 1210. The molecule has 0 aliphatic carbocycles. The van der Waals surface area contributed by atoms with Crippen molar-refractivity contribution in [2.45, 2.75) is 24.9 Å². The second kappa shape index (κ2) is 9.22. The fourth-order valence-corrected chi connectivity index (χ4v) is 3.12. The van der Waals surface area contributed by atoms with E-state index in [1.807, 2.05) is 24.3 Å². The van der Waals surface area contributed by atoms with Gasteiger partial charge in [0.2, 0.25) is 0 Å². The second-order valence-electron chi connectivity index (χ2n) is 7.16. The number of aromatic nitrogens is 2. The summed E-state index contributed by atoms with van der Waals surface area (Å²) in [6, 6.07) is 12.4. The van der Waals surface area contributed by atoms with Crippen LogP contribution in [0.25, 0.3) is 10.9 Å². The number of hydrogen-bond donors (Lipinski definition) is 2. The lowest BCUT2D eigenvalue weighted by atomic mass is 10.1. The zero-order valence-electron chi connectivity index (χ0n) is 17.1. The number of benzene rings is 1. The summed E-state index contributed by atoms with van der Waals surface area (Å²) in [7, 11) is 0. The molecule has 0 saturated carbocycles. The molecule has 4 rings (SSSR count). The van der Waals surface area contributed by atoms with Crippen LogP contribution in [0.15, 0.2) is 65.1 Å². The van der Waals surface area contributed by atoms with E-state index < -0.39 is 11.8 Å². The van der Waals surface area contributed by atoms with Crippen molar-refractivity contribution in [1.29, 1.82) is 0 Å². The van der Waals surface area contributed by atoms with E-state index in [4.69, 9.17) is 11.2 Å². The third kappa shape index (κ3) is 5.05. The second-order valence-corrected chi connectivity index (χ2v) is 7.16. The van der Waals surface area contributed by atoms with Gasteiger partial charge < -0.3 is 10.1 Å². The number of amides is 2. The molecule has 9 nitrogen and oxygen atoms in total. The monoisotopic (exact) mass is 428 g/mol. The molecule has 0 saturated heterocycles. The first-order valence-electron chi connectivity index (χ1n) is 10.0. The lowest BCUT2D eigenvalue weighted by molar-refractivity contribution is 0.102. The molecule has 1 aromatic carbocycles. The lowest BCUT2D eigenvalue weighted by Crippen LogP contribution is -2.19. The third-order valence-corrected chi connectivity index (χ3v) is 4.91. The average molecular weight is 428 g/mol. The Labute approximate surface area is 184 Å². The number of nitrogens with one attached hydrogen (secondary N) is 2. The number of ether oxygens (including phenoxy) is 1. The number of carbonyl (C=O) groups is 2. The summed E-state index contributed by atoms with van der Waals surface area (Å²) in [5, 5.41) is 14.3. The van der Waals surface area contributed by atoms with E-state index in [0.29, 0.717) is 36.2 Å². The molecule has 32 heavy (non-hydrogen) atoms. The van der Waals surface area contributed by atoms with Gasteiger partial charge in [0.25, 0.3) is 5.91 Å². The topological polar surface area (TPSA) is 118 Å². The number of anilines is 2. The summed E-state index contributed by atoms with van der Waals surface area (Å²) in [5.41, 5.74) is 1.39. The maximum atomic E-state index is 12.6. The highest BCUT2D eigenvalue weighted by Gasteiger charge is 2.39. The number of nitrogens with zero attached hydrogens (tertiary/aromatic N) is 4. The quantitative estimate of drug-likeness (QED) is 0.516. The van der Waals surface area contributed by atoms with Gasteiger partial charge >= 0.3 is 6.09 Å². The number of rotatable bonds is 8. The third-order valence-electron chi connectivity index (χ3n) is 4.91. The van der Waals surface area contributed by atoms with E-state index in [2.05, 4.69) is 36.8 Å². The number of fused-ring (bicyclic) bond motifs is 1. The predicted octanol–water partition coefficient (Wildman–Crippen LogP) is 4.40. The SMILES string of the molecule is C#CCCC1(CCOC(=O)Nc2ccc(C(=O)Nc3cccc4cccnc34)nc2)N=N1. The van der Waals surface area contributed by atoms with Gasteiger partial charge in [-0.2, -0.15) is 10.2 Å². The Morgan fingerprint density at radius 1 is 1.03 bits per heavy atom. The molecule has 0 fully saturated rings. The van der Waals surface area contributed by atoms with Crippen molar-refractivity contribution in [3.63, 3.8) is 0 Å². The van der Waals surface area contributed by atoms with Crippen LogP contribution < -0.4 is 10.6 Å². The Hall–Kier alpha value is -4.32. The molecule has 2 amide bonds. The zero-order valence-corrected chi connectivity index (χ0v) is 17.1. The Morgan fingerprint density at radius 3 is 2.62 bits per heavy atom. The van der Waals surface area contributed by atoms with Crippen molar-refractivity contribution in [3.05, 3.63) is 60.6 Å². The van der Waals surface area contributed by atoms with Crippen molar-refractivity contribution in [2.24, 2.45) is 10.2 Å². The van der Waals surface area contributed by atoms with Crippen LogP contribution in [0.2, 0.25) is 0 Å². The standard InChI is InChI=1S/C23H20N6O3/c1-2-3-11-23(28-29-23)12-14-32-22(31)26-17-9-10-19(25-15-17)21(30)27-18-8-4-6-16-7-5-13-24-20(16)18/h1,4-10,13,15H,3,11-12,14H2,(H,26,31)(H,27,30). The van der Waals surface area contributed by atoms with E-state index in [1.54, 1.807) is 18.3 Å². The van der Waals surface area contributed by atoms with E-state index in [0.717, 1.165) is 5.39 Å². The number of pyridine rings is 2. The van der Waals surface area contributed by atoms with Crippen LogP contribution in [0.4, 0.5) is 16.2 Å². The molecule has 1 aliphatic rings. The predicted molar refractivity (Wildman–Crippen MR) is 119 cm³/mol. The van der Waals surface area contributed by atoms with E-state index in [-0.39, 0.29) is 18.2 Å². The first-order chi connectivity index (χ1) is 15.6. The Balaban J connectivity index is 1.28. The largest absolute Gasteiger partial charge is 0.449 e. The highest BCUT2D eigenvalue weighted by atomic mass is 16.5. The van der Waals surface area contributed by atoms with Crippen LogP contribution in [0, 0.1) is 12.3 Å². The normalized spacial score (nSPS) is 13.2. The van der Waals surface area contributed by atoms with E-state index >= 15 is 0 Å². The maximum absolute atomic E-state index is 12.6. The smallest absolute Gasteiger partial charge is 0.411 e. The van der Waals surface area contributed by atoms with E-state index in [1.165, 1.54) is 12.3 Å². The summed E-state index contributed by atoms with van der Waals surface area (Å²) in [6.45, 7) is 0.163. The molecular weight excluding hydrogens is 408 g/mol. The molecule has 160 valence electrons. The Kier molecular flexibility index (Phi) is 6.03. The molecule has 0 spiro atoms. The first kappa shape index (κ1) is 20.9. The fraction of sp³-hybridized carbons (Fsp3) is 0.217. The van der Waals surface area contributed by atoms with Gasteiger partial charge in [0.1, 0.15) is 5.69 Å². The van der Waals surface area contributed by atoms with Gasteiger partial charge in [-0.15, -0.1) is 12.3 Å². The first-order valence-corrected chi connectivity index (χ1v) is 10.0. The lowest BCUT2D eigenvalue weighted by Gasteiger charge is -2.10. The van der Waals surface area contributed by atoms with Crippen molar-refractivity contribution in [2.75, 3.05) is 17.2 Å². The van der Waals surface area contributed by atoms with Crippen LogP contribution in [0.5, 0.6) is 0 Å². The van der Waals surface area contributed by atoms with Gasteiger partial charge in [0, 0.05) is 30.8 Å². The minimum absolute atomic E-state index is 0.163. The fourth-order valence-electron chi connectivity index (χ4n) is 3.12. The maximum Gasteiger partial charge on any atom is 0.411 e. The highest BCUT2D eigenvalue weighted by molar-refractivity contribution is 6.07. The molecular formula is C23H20N6O3. The molecule has 3 aromatic rings. The number of carbonyl (C=O) groups excluding carboxylic acids is 2. The van der Waals surface area contributed by atoms with Gasteiger partial charge in [0.05, 0.1) is 29.7 Å². The van der Waals surface area contributed by atoms with Crippen molar-refractivity contribution >= 4 is 34.3 Å². The van der Waals surface area contributed by atoms with Crippen LogP contribution in [0.1, 0.15) is 29.8 Å². The van der Waals surface area contributed by atoms with Gasteiger partial charge in [0.15, 0.2) is 5.66 Å². The highest BCUT2D eigenvalue weighted by Crippen LogP contribution is 2.36. The molecule has 0 radical (unpaired) electrons. The molecule has 2 aromatic heterocycles. The summed E-state index contributed by atoms with van der Waals surface area (Å²) in [4.78, 5) is 33.0. The van der Waals surface area contributed by atoms with Gasteiger partial charge in [-0.25, -0.2) is 9.78 Å². The number of para-hydroxylation sites is 1. The zero-order chi connectivity index (χ0) is 22.4. The molecule has 1 aliphatic heterocycles. The van der Waals surface area contributed by atoms with Crippen molar-refractivity contribution in [1.82, 2.24) is 9.97 Å². The molecule has 0 atom stereocenters. The summed E-state index contributed by atoms with van der Waals surface area (Å²) < 4.78 is 5.16. The molecule has 2 N–H and O–H groups in total. The van der Waals surface area contributed by atoms with Crippen LogP contribution in [-0.2, 0) is 4.74 Å². The molecule has 9 heteroatoms. The van der Waals surface area contributed by atoms with Crippen LogP contribution >= 0.6 is 0 Å². The molecule has 0 unspecified atom stereocenters. The van der Waals surface area contributed by atoms with Gasteiger partial charge in [-0.1, -0.05) is 18.2 Å². The minimum Gasteiger partial charge on any atom is -0.449 e. The van der Waals surface area contributed by atoms with Crippen LogP contribution in [-0.4, -0.2) is 34.2 Å². The number of hydrogen-bond acceptors (Lipinski definition) is 7. The minimum atomic E-state index is -0.626. The van der Waals surface area contributed by atoms with Crippen LogP contribution in [0.3, 0.4) is 0 Å². The number of terminal acetylenes is 1. The van der Waals surface area contributed by atoms with Gasteiger partial charge in [-0.05, 0) is 24.3 Å². The molecule has 0 bridgehead atoms. The molecule has 3 heterocycles. The van der Waals surface area contributed by atoms with Crippen molar-refractivity contribution < 1.29 is 14.3 Å². The summed E-state index contributed by atoms with van der Waals surface area (Å²) >= 11 is 0.